The molecule has 1 atom stereocenters. The van der Waals surface area contributed by atoms with Gasteiger partial charge in [0.25, 0.3) is 0 Å². The van der Waals surface area contributed by atoms with E-state index < -0.39 is 0 Å². The number of hydrogen-bond acceptors (Lipinski definition) is 5. The first-order chi connectivity index (χ1) is 14.7. The topological polar surface area (TPSA) is 77.0 Å². The van der Waals surface area contributed by atoms with Crippen LogP contribution in [-0.4, -0.2) is 50.5 Å². The average molecular weight is 416 g/mol. The van der Waals surface area contributed by atoms with Gasteiger partial charge in [0.15, 0.2) is 5.96 Å². The Morgan fingerprint density at radius 1 is 1.27 bits per heavy atom. The molecule has 1 aromatic heterocycles. The molecular formula is C22H29FN4O3. The third-order valence-corrected chi connectivity index (χ3v) is 4.60. The summed E-state index contributed by atoms with van der Waals surface area (Å²) in [5, 5.41) is 6.54. The van der Waals surface area contributed by atoms with Crippen molar-refractivity contribution in [2.75, 3.05) is 33.4 Å². The lowest BCUT2D eigenvalue weighted by atomic mass is 10.2. The van der Waals surface area contributed by atoms with Crippen molar-refractivity contribution in [1.29, 1.82) is 0 Å². The van der Waals surface area contributed by atoms with Crippen molar-refractivity contribution in [3.63, 3.8) is 0 Å². The number of benzene rings is 1. The highest BCUT2D eigenvalue weighted by molar-refractivity contribution is 5.79. The van der Waals surface area contributed by atoms with Crippen molar-refractivity contribution >= 4 is 5.96 Å². The first-order valence-electron chi connectivity index (χ1n) is 10.2. The zero-order valence-electron chi connectivity index (χ0n) is 17.3. The van der Waals surface area contributed by atoms with Gasteiger partial charge in [0, 0.05) is 45.6 Å². The van der Waals surface area contributed by atoms with Crippen molar-refractivity contribution in [2.45, 2.75) is 31.9 Å². The normalized spacial score (nSPS) is 16.5. The highest BCUT2D eigenvalue weighted by Crippen LogP contribution is 2.20. The Kier molecular flexibility index (Phi) is 8.86. The molecule has 2 heterocycles. The van der Waals surface area contributed by atoms with Gasteiger partial charge in [-0.15, -0.1) is 0 Å². The lowest BCUT2D eigenvalue weighted by molar-refractivity contribution is 0.0168. The van der Waals surface area contributed by atoms with E-state index >= 15 is 0 Å². The summed E-state index contributed by atoms with van der Waals surface area (Å²) >= 11 is 0. The Hall–Kier alpha value is -2.71. The van der Waals surface area contributed by atoms with Gasteiger partial charge < -0.3 is 24.8 Å². The smallest absolute Gasteiger partial charge is 0.219 e. The van der Waals surface area contributed by atoms with E-state index in [1.54, 1.807) is 25.4 Å². The quantitative estimate of drug-likeness (QED) is 0.352. The van der Waals surface area contributed by atoms with Gasteiger partial charge in [-0.25, -0.2) is 9.37 Å². The molecule has 1 saturated heterocycles. The Morgan fingerprint density at radius 2 is 2.13 bits per heavy atom. The van der Waals surface area contributed by atoms with Crippen molar-refractivity contribution in [1.82, 2.24) is 15.6 Å². The molecule has 2 N–H and O–H groups in total. The molecule has 1 unspecified atom stereocenters. The number of hydrogen-bond donors (Lipinski definition) is 2. The second kappa shape index (κ2) is 12.1. The molecule has 1 aromatic carbocycles. The van der Waals surface area contributed by atoms with Crippen molar-refractivity contribution in [3.05, 3.63) is 54.0 Å². The second-order valence-corrected chi connectivity index (χ2v) is 6.97. The van der Waals surface area contributed by atoms with Crippen LogP contribution in [0.15, 0.2) is 47.6 Å². The molecule has 0 saturated carbocycles. The Balaban J connectivity index is 1.35. The van der Waals surface area contributed by atoms with E-state index in [4.69, 9.17) is 14.2 Å². The maximum atomic E-state index is 13.0. The molecule has 1 aliphatic heterocycles. The predicted molar refractivity (Wildman–Crippen MR) is 113 cm³/mol. The van der Waals surface area contributed by atoms with Gasteiger partial charge in [-0.05, 0) is 55.2 Å². The molecule has 3 rings (SSSR count). The molecule has 8 heteroatoms. The van der Waals surface area contributed by atoms with Crippen LogP contribution in [0.3, 0.4) is 0 Å². The van der Waals surface area contributed by atoms with Crippen molar-refractivity contribution in [3.8, 4) is 11.6 Å². The number of aromatic nitrogens is 1. The molecule has 30 heavy (non-hydrogen) atoms. The highest BCUT2D eigenvalue weighted by atomic mass is 19.1. The van der Waals surface area contributed by atoms with E-state index in [0.717, 1.165) is 38.0 Å². The fourth-order valence-corrected chi connectivity index (χ4v) is 3.02. The fourth-order valence-electron chi connectivity index (χ4n) is 3.02. The van der Waals surface area contributed by atoms with E-state index in [1.165, 1.54) is 12.1 Å². The van der Waals surface area contributed by atoms with Gasteiger partial charge >= 0.3 is 0 Å². The number of nitrogens with zero attached hydrogens (tertiary/aromatic N) is 2. The van der Waals surface area contributed by atoms with Crippen LogP contribution in [0.2, 0.25) is 0 Å². The summed E-state index contributed by atoms with van der Waals surface area (Å²) in [6.07, 6.45) is 5.07. The van der Waals surface area contributed by atoms with Crippen LogP contribution in [0.25, 0.3) is 0 Å². The van der Waals surface area contributed by atoms with Gasteiger partial charge in [0.2, 0.25) is 5.88 Å². The molecule has 0 amide bonds. The summed E-state index contributed by atoms with van der Waals surface area (Å²) in [6, 6.07) is 9.57. The Labute approximate surface area is 176 Å². The highest BCUT2D eigenvalue weighted by Gasteiger charge is 2.14. The maximum absolute atomic E-state index is 13.0. The second-order valence-electron chi connectivity index (χ2n) is 6.97. The minimum absolute atomic E-state index is 0.268. The minimum Gasteiger partial charge on any atom is -0.439 e. The molecule has 1 aliphatic rings. The first-order valence-corrected chi connectivity index (χ1v) is 10.2. The van der Waals surface area contributed by atoms with Gasteiger partial charge in [-0.3, -0.25) is 4.99 Å². The average Bonchev–Trinajstić information content (AvgIpc) is 3.28. The van der Waals surface area contributed by atoms with Crippen LogP contribution in [-0.2, 0) is 16.0 Å². The summed E-state index contributed by atoms with van der Waals surface area (Å²) in [7, 11) is 1.74. The standard InChI is InChI=1S/C22H29FN4O3/c1-24-22(26-10-3-12-28-16-20-4-2-13-29-20)27-15-17-9-11-25-21(14-17)30-19-7-5-18(23)6-8-19/h5-9,11,14,20H,2-4,10,12-13,15-16H2,1H3,(H2,24,26,27). The molecule has 0 bridgehead atoms. The van der Waals surface area contributed by atoms with Crippen LogP contribution in [0.1, 0.15) is 24.8 Å². The van der Waals surface area contributed by atoms with Crippen molar-refractivity contribution in [2.24, 2.45) is 4.99 Å². The molecular weight excluding hydrogens is 387 g/mol. The third-order valence-electron chi connectivity index (χ3n) is 4.60. The molecule has 162 valence electrons. The predicted octanol–water partition coefficient (Wildman–Crippen LogP) is 3.26. The SMILES string of the molecule is CN=C(NCCCOCC1CCCO1)NCc1ccnc(Oc2ccc(F)cc2)c1. The Morgan fingerprint density at radius 3 is 2.90 bits per heavy atom. The lowest BCUT2D eigenvalue weighted by Crippen LogP contribution is -2.37. The molecule has 0 radical (unpaired) electrons. The number of aliphatic imine (C=N–C) groups is 1. The molecule has 1 fully saturated rings. The van der Waals surface area contributed by atoms with E-state index in [9.17, 15) is 4.39 Å². The summed E-state index contributed by atoms with van der Waals surface area (Å²) in [4.78, 5) is 8.43. The van der Waals surface area contributed by atoms with Gasteiger partial charge in [0.05, 0.1) is 12.7 Å². The number of halogens is 1. The summed E-state index contributed by atoms with van der Waals surface area (Å²) in [5.74, 6) is 1.40. The van der Waals surface area contributed by atoms with Crippen LogP contribution in [0.5, 0.6) is 11.6 Å². The maximum Gasteiger partial charge on any atom is 0.219 e. The van der Waals surface area contributed by atoms with Crippen LogP contribution >= 0.6 is 0 Å². The van der Waals surface area contributed by atoms with Gasteiger partial charge in [-0.1, -0.05) is 0 Å². The Bertz CT molecular complexity index is 795. The first kappa shape index (κ1) is 22.0. The molecule has 7 nitrogen and oxygen atoms in total. The number of ether oxygens (including phenoxy) is 3. The zero-order chi connectivity index (χ0) is 21.0. The largest absolute Gasteiger partial charge is 0.439 e. The van der Waals surface area contributed by atoms with E-state index in [-0.39, 0.29) is 11.9 Å². The van der Waals surface area contributed by atoms with E-state index in [0.29, 0.717) is 37.3 Å². The summed E-state index contributed by atoms with van der Waals surface area (Å²) < 4.78 is 29.9. The van der Waals surface area contributed by atoms with E-state index in [2.05, 4.69) is 20.6 Å². The van der Waals surface area contributed by atoms with Gasteiger partial charge in [0.1, 0.15) is 11.6 Å². The zero-order valence-corrected chi connectivity index (χ0v) is 17.3. The molecule has 2 aromatic rings. The fraction of sp³-hybridized carbons (Fsp3) is 0.455. The minimum atomic E-state index is -0.304. The number of pyridine rings is 1. The van der Waals surface area contributed by atoms with Crippen LogP contribution < -0.4 is 15.4 Å². The third kappa shape index (κ3) is 7.61. The van der Waals surface area contributed by atoms with Gasteiger partial charge in [-0.2, -0.15) is 0 Å². The number of rotatable bonds is 10. The molecule has 0 aliphatic carbocycles. The lowest BCUT2D eigenvalue weighted by Gasteiger charge is -2.13. The summed E-state index contributed by atoms with van der Waals surface area (Å²) in [6.45, 7) is 3.56. The number of guanidine groups is 1. The summed E-state index contributed by atoms with van der Waals surface area (Å²) in [5.41, 5.74) is 0.991. The number of nitrogens with one attached hydrogen (secondary N) is 2. The van der Waals surface area contributed by atoms with Crippen LogP contribution in [0, 0.1) is 5.82 Å². The molecule has 0 spiro atoms. The van der Waals surface area contributed by atoms with Crippen molar-refractivity contribution < 1.29 is 18.6 Å². The van der Waals surface area contributed by atoms with Crippen LogP contribution in [0.4, 0.5) is 4.39 Å². The van der Waals surface area contributed by atoms with E-state index in [1.807, 2.05) is 12.1 Å². The monoisotopic (exact) mass is 416 g/mol.